The molecule has 0 unspecified atom stereocenters. The third-order valence-electron chi connectivity index (χ3n) is 4.24. The molecule has 0 radical (unpaired) electrons. The van der Waals surface area contributed by atoms with Crippen LogP contribution in [0.2, 0.25) is 0 Å². The minimum absolute atomic E-state index is 0.0783. The van der Waals surface area contributed by atoms with E-state index in [1.165, 1.54) is 12.3 Å². The zero-order valence-electron chi connectivity index (χ0n) is 14.7. The molecule has 0 saturated carbocycles. The number of carbonyl (C=O) groups is 2. The quantitative estimate of drug-likeness (QED) is 0.824. The van der Waals surface area contributed by atoms with Gasteiger partial charge in [-0.1, -0.05) is 6.07 Å². The maximum atomic E-state index is 12.5. The topological polar surface area (TPSA) is 78.7 Å². The minimum Gasteiger partial charge on any atom is -0.465 e. The number of nitrogens with one attached hydrogen (secondary N) is 1. The van der Waals surface area contributed by atoms with Gasteiger partial charge in [0.2, 0.25) is 11.8 Å². The molecule has 2 aromatic heterocycles. The van der Waals surface area contributed by atoms with Gasteiger partial charge in [-0.3, -0.25) is 9.59 Å². The van der Waals surface area contributed by atoms with E-state index < -0.39 is 6.04 Å². The SMILES string of the molecule is C[C@H](NC(=O)/C=C/c1ccco1)C(=O)N1CCN(c2ccccn2)CC1. The van der Waals surface area contributed by atoms with Gasteiger partial charge in [-0.15, -0.1) is 0 Å². The maximum Gasteiger partial charge on any atom is 0.244 e. The molecular formula is C19H22N4O3. The van der Waals surface area contributed by atoms with Crippen LogP contribution in [-0.2, 0) is 9.59 Å². The number of nitrogens with zero attached hydrogens (tertiary/aromatic N) is 3. The predicted molar refractivity (Wildman–Crippen MR) is 98.4 cm³/mol. The summed E-state index contributed by atoms with van der Waals surface area (Å²) in [5.74, 6) is 1.11. The Morgan fingerprint density at radius 1 is 1.19 bits per heavy atom. The highest BCUT2D eigenvalue weighted by Gasteiger charge is 2.25. The molecule has 7 nitrogen and oxygen atoms in total. The highest BCUT2D eigenvalue weighted by atomic mass is 16.3. The standard InChI is InChI=1S/C19H22N4O3/c1-15(21-18(24)8-7-16-5-4-14-26-16)19(25)23-12-10-22(11-13-23)17-6-2-3-9-20-17/h2-9,14-15H,10-13H2,1H3,(H,21,24)/b8-7+/t15-/m0/s1. The Kier molecular flexibility index (Phi) is 5.68. The van der Waals surface area contributed by atoms with Crippen molar-refractivity contribution in [3.63, 3.8) is 0 Å². The van der Waals surface area contributed by atoms with Crippen LogP contribution in [0.15, 0.2) is 53.3 Å². The average Bonchev–Trinajstić information content (AvgIpc) is 3.20. The largest absolute Gasteiger partial charge is 0.465 e. The molecule has 3 rings (SSSR count). The zero-order chi connectivity index (χ0) is 18.4. The molecule has 0 aromatic carbocycles. The number of furan rings is 1. The molecule has 1 aliphatic rings. The van der Waals surface area contributed by atoms with Gasteiger partial charge in [0.1, 0.15) is 17.6 Å². The number of hydrogen-bond acceptors (Lipinski definition) is 5. The molecule has 136 valence electrons. The Balaban J connectivity index is 1.47. The molecule has 26 heavy (non-hydrogen) atoms. The first kappa shape index (κ1) is 17.7. The summed E-state index contributed by atoms with van der Waals surface area (Å²) >= 11 is 0. The fourth-order valence-electron chi connectivity index (χ4n) is 2.84. The van der Waals surface area contributed by atoms with Gasteiger partial charge in [-0.25, -0.2) is 4.98 Å². The van der Waals surface area contributed by atoms with Crippen LogP contribution in [0.3, 0.4) is 0 Å². The monoisotopic (exact) mass is 354 g/mol. The number of carbonyl (C=O) groups excluding carboxylic acids is 2. The van der Waals surface area contributed by atoms with Crippen molar-refractivity contribution in [1.82, 2.24) is 15.2 Å². The van der Waals surface area contributed by atoms with Gasteiger partial charge in [-0.2, -0.15) is 0 Å². The molecule has 0 aliphatic carbocycles. The maximum absolute atomic E-state index is 12.5. The van der Waals surface area contributed by atoms with E-state index in [0.29, 0.717) is 18.8 Å². The van der Waals surface area contributed by atoms with Crippen LogP contribution in [0.25, 0.3) is 6.08 Å². The normalized spacial score (nSPS) is 15.9. The predicted octanol–water partition coefficient (Wildman–Crippen LogP) is 1.54. The summed E-state index contributed by atoms with van der Waals surface area (Å²) in [5, 5.41) is 2.70. The Morgan fingerprint density at radius 3 is 2.65 bits per heavy atom. The van der Waals surface area contributed by atoms with Gasteiger partial charge in [0, 0.05) is 38.5 Å². The summed E-state index contributed by atoms with van der Waals surface area (Å²) in [6.07, 6.45) is 6.23. The van der Waals surface area contributed by atoms with Gasteiger partial charge < -0.3 is 19.5 Å². The second-order valence-electron chi connectivity index (χ2n) is 6.08. The van der Waals surface area contributed by atoms with Crippen molar-refractivity contribution >= 4 is 23.7 Å². The lowest BCUT2D eigenvalue weighted by Crippen LogP contribution is -2.54. The van der Waals surface area contributed by atoms with E-state index in [1.807, 2.05) is 18.2 Å². The summed E-state index contributed by atoms with van der Waals surface area (Å²) in [4.78, 5) is 32.8. The smallest absolute Gasteiger partial charge is 0.244 e. The van der Waals surface area contributed by atoms with E-state index in [-0.39, 0.29) is 11.8 Å². The summed E-state index contributed by atoms with van der Waals surface area (Å²) in [5.41, 5.74) is 0. The minimum atomic E-state index is -0.579. The molecule has 1 aliphatic heterocycles. The number of aromatic nitrogens is 1. The van der Waals surface area contributed by atoms with Crippen LogP contribution in [-0.4, -0.2) is 53.9 Å². The van der Waals surface area contributed by atoms with Gasteiger partial charge in [0.25, 0.3) is 0 Å². The molecule has 2 aromatic rings. The average molecular weight is 354 g/mol. The molecule has 1 saturated heterocycles. The first-order valence-electron chi connectivity index (χ1n) is 8.60. The number of piperazine rings is 1. The molecule has 7 heteroatoms. The van der Waals surface area contributed by atoms with Crippen LogP contribution in [0.5, 0.6) is 0 Å². The highest BCUT2D eigenvalue weighted by Crippen LogP contribution is 2.13. The molecule has 2 amide bonds. The van der Waals surface area contributed by atoms with Crippen LogP contribution in [0, 0.1) is 0 Å². The lowest BCUT2D eigenvalue weighted by Gasteiger charge is -2.36. The van der Waals surface area contributed by atoms with E-state index in [1.54, 1.807) is 36.2 Å². The van der Waals surface area contributed by atoms with Crippen LogP contribution in [0.1, 0.15) is 12.7 Å². The summed E-state index contributed by atoms with van der Waals surface area (Å²) in [7, 11) is 0. The van der Waals surface area contributed by atoms with Crippen molar-refractivity contribution in [1.29, 1.82) is 0 Å². The second-order valence-corrected chi connectivity index (χ2v) is 6.08. The molecular weight excluding hydrogens is 332 g/mol. The zero-order valence-corrected chi connectivity index (χ0v) is 14.7. The van der Waals surface area contributed by atoms with Crippen LogP contribution in [0.4, 0.5) is 5.82 Å². The Hall–Kier alpha value is -3.09. The fourth-order valence-corrected chi connectivity index (χ4v) is 2.84. The van der Waals surface area contributed by atoms with E-state index in [9.17, 15) is 9.59 Å². The third kappa shape index (κ3) is 4.50. The summed E-state index contributed by atoms with van der Waals surface area (Å²) in [6, 6.07) is 8.71. The molecule has 1 N–H and O–H groups in total. The van der Waals surface area contributed by atoms with Crippen molar-refractivity contribution in [2.75, 3.05) is 31.1 Å². The van der Waals surface area contributed by atoms with E-state index in [4.69, 9.17) is 4.42 Å². The number of hydrogen-bond donors (Lipinski definition) is 1. The lowest BCUT2D eigenvalue weighted by atomic mass is 10.2. The van der Waals surface area contributed by atoms with E-state index >= 15 is 0 Å². The van der Waals surface area contributed by atoms with Crippen molar-refractivity contribution in [3.05, 3.63) is 54.6 Å². The molecule has 3 heterocycles. The fraction of sp³-hybridized carbons (Fsp3) is 0.316. The van der Waals surface area contributed by atoms with Gasteiger partial charge in [0.05, 0.1) is 6.26 Å². The summed E-state index contributed by atoms with van der Waals surface area (Å²) < 4.78 is 5.13. The lowest BCUT2D eigenvalue weighted by molar-refractivity contribution is -0.135. The Morgan fingerprint density at radius 2 is 2.00 bits per heavy atom. The number of anilines is 1. The number of amides is 2. The summed E-state index contributed by atoms with van der Waals surface area (Å²) in [6.45, 7) is 4.37. The van der Waals surface area contributed by atoms with Crippen molar-refractivity contribution in [2.24, 2.45) is 0 Å². The van der Waals surface area contributed by atoms with Gasteiger partial charge in [0.15, 0.2) is 0 Å². The number of pyridine rings is 1. The van der Waals surface area contributed by atoms with Crippen LogP contribution < -0.4 is 10.2 Å². The van der Waals surface area contributed by atoms with Crippen molar-refractivity contribution < 1.29 is 14.0 Å². The highest BCUT2D eigenvalue weighted by molar-refractivity contribution is 5.95. The van der Waals surface area contributed by atoms with Gasteiger partial charge >= 0.3 is 0 Å². The number of rotatable bonds is 5. The molecule has 0 spiro atoms. The molecule has 1 fully saturated rings. The first-order chi connectivity index (χ1) is 12.6. The second kappa shape index (κ2) is 8.33. The van der Waals surface area contributed by atoms with Crippen molar-refractivity contribution in [3.8, 4) is 0 Å². The molecule has 0 bridgehead atoms. The Bertz CT molecular complexity index is 750. The van der Waals surface area contributed by atoms with Crippen LogP contribution >= 0.6 is 0 Å². The van der Waals surface area contributed by atoms with E-state index in [0.717, 1.165) is 18.9 Å². The van der Waals surface area contributed by atoms with Gasteiger partial charge in [-0.05, 0) is 37.3 Å². The first-order valence-corrected chi connectivity index (χ1v) is 8.60. The Labute approximate surface area is 152 Å². The third-order valence-corrected chi connectivity index (χ3v) is 4.24. The van der Waals surface area contributed by atoms with E-state index in [2.05, 4.69) is 15.2 Å². The molecule has 1 atom stereocenters. The van der Waals surface area contributed by atoms with Crippen molar-refractivity contribution in [2.45, 2.75) is 13.0 Å².